The van der Waals surface area contributed by atoms with E-state index in [0.717, 1.165) is 0 Å². The van der Waals surface area contributed by atoms with Crippen molar-refractivity contribution in [2.75, 3.05) is 19.7 Å². The molecule has 1 unspecified atom stereocenters. The van der Waals surface area contributed by atoms with Gasteiger partial charge in [0.15, 0.2) is 0 Å². The van der Waals surface area contributed by atoms with Crippen LogP contribution < -0.4 is 15.2 Å². The van der Waals surface area contributed by atoms with Crippen molar-refractivity contribution in [1.82, 2.24) is 9.29 Å². The van der Waals surface area contributed by atoms with Crippen LogP contribution in [0.3, 0.4) is 0 Å². The summed E-state index contributed by atoms with van der Waals surface area (Å²) in [6.45, 7) is 3.04. The fourth-order valence-electron chi connectivity index (χ4n) is 3.05. The smallest absolute Gasteiger partial charge is 0.267 e. The second-order valence-corrected chi connectivity index (χ2v) is 8.33. The molecule has 0 spiro atoms. The van der Waals surface area contributed by atoms with Crippen LogP contribution in [0.15, 0.2) is 47.5 Å². The Hall–Kier alpha value is -2.65. The third kappa shape index (κ3) is 4.60. The molecule has 1 amide bonds. The molecule has 2 aromatic rings. The number of amides is 1. The fourth-order valence-corrected chi connectivity index (χ4v) is 4.56. The van der Waals surface area contributed by atoms with Crippen molar-refractivity contribution in [3.8, 4) is 11.5 Å². The zero-order valence-electron chi connectivity index (χ0n) is 15.6. The van der Waals surface area contributed by atoms with E-state index in [1.165, 1.54) is 16.6 Å². The number of carbonyl (C=O) groups is 1. The third-order valence-electron chi connectivity index (χ3n) is 4.40. The molecule has 28 heavy (non-hydrogen) atoms. The molecule has 9 heteroatoms. The van der Waals surface area contributed by atoms with Gasteiger partial charge in [-0.25, -0.2) is 8.42 Å². The van der Waals surface area contributed by atoms with Crippen LogP contribution >= 0.6 is 0 Å². The Balaban J connectivity index is 1.71. The summed E-state index contributed by atoms with van der Waals surface area (Å²) in [5, 5.41) is 0. The van der Waals surface area contributed by atoms with E-state index in [2.05, 4.69) is 4.98 Å². The molecule has 8 nitrogen and oxygen atoms in total. The summed E-state index contributed by atoms with van der Waals surface area (Å²) in [6.07, 6.45) is 2.50. The molecule has 0 bridgehead atoms. The molecule has 1 aliphatic rings. The Kier molecular flexibility index (Phi) is 6.15. The van der Waals surface area contributed by atoms with Crippen molar-refractivity contribution in [1.29, 1.82) is 0 Å². The van der Waals surface area contributed by atoms with Crippen LogP contribution in [0.4, 0.5) is 0 Å². The maximum Gasteiger partial charge on any atom is 0.267 e. The van der Waals surface area contributed by atoms with Gasteiger partial charge in [-0.15, -0.1) is 0 Å². The minimum Gasteiger partial charge on any atom is -0.494 e. The normalized spacial score (nSPS) is 17.8. The molecule has 1 aromatic heterocycles. The van der Waals surface area contributed by atoms with Gasteiger partial charge >= 0.3 is 0 Å². The molecule has 1 saturated heterocycles. The SMILES string of the molecule is CCOc1ccc(S(=O)(=O)N2CCCC(Oc3ccnc(C(N)=O)c3)C2)cc1. The number of rotatable bonds is 7. The van der Waals surface area contributed by atoms with Crippen molar-refractivity contribution in [3.63, 3.8) is 0 Å². The number of hydrogen-bond donors (Lipinski definition) is 1. The van der Waals surface area contributed by atoms with Crippen molar-refractivity contribution in [2.45, 2.75) is 30.8 Å². The monoisotopic (exact) mass is 405 g/mol. The van der Waals surface area contributed by atoms with Crippen LogP contribution in [0.2, 0.25) is 0 Å². The maximum absolute atomic E-state index is 13.0. The predicted molar refractivity (Wildman–Crippen MR) is 103 cm³/mol. The Morgan fingerprint density at radius 3 is 2.68 bits per heavy atom. The van der Waals surface area contributed by atoms with Crippen LogP contribution in [0, 0.1) is 0 Å². The number of carbonyl (C=O) groups excluding carboxylic acids is 1. The summed E-state index contributed by atoms with van der Waals surface area (Å²) in [4.78, 5) is 15.4. The number of nitrogens with two attached hydrogens (primary N) is 1. The number of ether oxygens (including phenoxy) is 2. The Morgan fingerprint density at radius 2 is 2.00 bits per heavy atom. The lowest BCUT2D eigenvalue weighted by Gasteiger charge is -2.32. The summed E-state index contributed by atoms with van der Waals surface area (Å²) in [7, 11) is -3.63. The number of pyridine rings is 1. The van der Waals surface area contributed by atoms with E-state index >= 15 is 0 Å². The first-order valence-corrected chi connectivity index (χ1v) is 10.5. The summed E-state index contributed by atoms with van der Waals surface area (Å²) in [5.41, 5.74) is 5.34. The fraction of sp³-hybridized carbons (Fsp3) is 0.368. The zero-order valence-corrected chi connectivity index (χ0v) is 16.4. The quantitative estimate of drug-likeness (QED) is 0.752. The highest BCUT2D eigenvalue weighted by Crippen LogP contribution is 2.25. The largest absolute Gasteiger partial charge is 0.494 e. The number of nitrogens with zero attached hydrogens (tertiary/aromatic N) is 2. The van der Waals surface area contributed by atoms with E-state index in [0.29, 0.717) is 37.5 Å². The van der Waals surface area contributed by atoms with Crippen molar-refractivity contribution in [2.24, 2.45) is 5.73 Å². The first-order chi connectivity index (χ1) is 13.4. The van der Waals surface area contributed by atoms with E-state index in [1.807, 2.05) is 6.92 Å². The second-order valence-electron chi connectivity index (χ2n) is 6.39. The van der Waals surface area contributed by atoms with Gasteiger partial charge in [-0.2, -0.15) is 4.31 Å². The summed E-state index contributed by atoms with van der Waals surface area (Å²) in [5.74, 6) is 0.423. The van der Waals surface area contributed by atoms with Gasteiger partial charge in [0.2, 0.25) is 10.0 Å². The van der Waals surface area contributed by atoms with Gasteiger partial charge in [0.25, 0.3) is 5.91 Å². The molecule has 1 fully saturated rings. The topological polar surface area (TPSA) is 112 Å². The molecule has 3 rings (SSSR count). The Labute approximate surface area is 164 Å². The van der Waals surface area contributed by atoms with Crippen LogP contribution in [0.5, 0.6) is 11.5 Å². The number of primary amides is 1. The molecule has 2 heterocycles. The standard InChI is InChI=1S/C19H23N3O5S/c1-2-26-14-5-7-17(8-6-14)28(24,25)22-11-3-4-16(13-22)27-15-9-10-21-18(12-15)19(20)23/h5-10,12,16H,2-4,11,13H2,1H3,(H2,20,23). The highest BCUT2D eigenvalue weighted by atomic mass is 32.2. The molecule has 1 aromatic carbocycles. The van der Waals surface area contributed by atoms with Gasteiger partial charge in [0, 0.05) is 18.8 Å². The Morgan fingerprint density at radius 1 is 1.25 bits per heavy atom. The maximum atomic E-state index is 13.0. The van der Waals surface area contributed by atoms with E-state index in [-0.39, 0.29) is 23.2 Å². The summed E-state index contributed by atoms with van der Waals surface area (Å²) >= 11 is 0. The first-order valence-electron chi connectivity index (χ1n) is 9.05. The molecule has 1 atom stereocenters. The van der Waals surface area contributed by atoms with Crippen molar-refractivity contribution >= 4 is 15.9 Å². The highest BCUT2D eigenvalue weighted by Gasteiger charge is 2.31. The number of aromatic nitrogens is 1. The summed E-state index contributed by atoms with van der Waals surface area (Å²) < 4.78 is 38.6. The molecular formula is C19H23N3O5S. The second kappa shape index (κ2) is 8.57. The van der Waals surface area contributed by atoms with E-state index in [4.69, 9.17) is 15.2 Å². The van der Waals surface area contributed by atoms with Crippen molar-refractivity contribution < 1.29 is 22.7 Å². The van der Waals surface area contributed by atoms with Crippen LogP contribution in [-0.2, 0) is 10.0 Å². The third-order valence-corrected chi connectivity index (χ3v) is 6.28. The van der Waals surface area contributed by atoms with E-state index in [1.54, 1.807) is 30.3 Å². The van der Waals surface area contributed by atoms with Gasteiger partial charge in [-0.3, -0.25) is 9.78 Å². The predicted octanol–water partition coefficient (Wildman–Crippen LogP) is 1.81. The lowest BCUT2D eigenvalue weighted by Crippen LogP contribution is -2.44. The van der Waals surface area contributed by atoms with E-state index < -0.39 is 15.9 Å². The molecule has 2 N–H and O–H groups in total. The molecule has 150 valence electrons. The van der Waals surface area contributed by atoms with Gasteiger partial charge in [-0.1, -0.05) is 0 Å². The van der Waals surface area contributed by atoms with Crippen molar-refractivity contribution in [3.05, 3.63) is 48.3 Å². The summed E-state index contributed by atoms with van der Waals surface area (Å²) in [6, 6.07) is 9.47. The molecule has 0 radical (unpaired) electrons. The minimum atomic E-state index is -3.63. The number of sulfonamides is 1. The Bertz CT molecular complexity index is 931. The van der Waals surface area contributed by atoms with Gasteiger partial charge in [-0.05, 0) is 50.1 Å². The zero-order chi connectivity index (χ0) is 20.1. The van der Waals surface area contributed by atoms with Crippen LogP contribution in [0.1, 0.15) is 30.3 Å². The lowest BCUT2D eigenvalue weighted by molar-refractivity contribution is 0.0993. The average Bonchev–Trinajstić information content (AvgIpc) is 2.69. The average molecular weight is 405 g/mol. The number of piperidine rings is 1. The molecular weight excluding hydrogens is 382 g/mol. The van der Waals surface area contributed by atoms with Crippen LogP contribution in [-0.4, -0.2) is 49.4 Å². The highest BCUT2D eigenvalue weighted by molar-refractivity contribution is 7.89. The first kappa shape index (κ1) is 20.1. The number of hydrogen-bond acceptors (Lipinski definition) is 6. The molecule has 0 aliphatic carbocycles. The van der Waals surface area contributed by atoms with E-state index in [9.17, 15) is 13.2 Å². The van der Waals surface area contributed by atoms with Gasteiger partial charge in [0.1, 0.15) is 23.3 Å². The number of benzene rings is 1. The van der Waals surface area contributed by atoms with Gasteiger partial charge < -0.3 is 15.2 Å². The molecule has 0 saturated carbocycles. The molecule has 1 aliphatic heterocycles. The van der Waals surface area contributed by atoms with Gasteiger partial charge in [0.05, 0.1) is 18.0 Å². The van der Waals surface area contributed by atoms with Crippen LogP contribution in [0.25, 0.3) is 0 Å². The minimum absolute atomic E-state index is 0.104. The lowest BCUT2D eigenvalue weighted by atomic mass is 10.1.